The van der Waals surface area contributed by atoms with Gasteiger partial charge >= 0.3 is 5.97 Å². The van der Waals surface area contributed by atoms with E-state index >= 15 is 0 Å². The number of carbonyl (C=O) groups excluding carboxylic acids is 2. The number of nitrogens with zero attached hydrogens (tertiary/aromatic N) is 1. The number of esters is 1. The smallest absolute Gasteiger partial charge is 0.340 e. The molecule has 34 heavy (non-hydrogen) atoms. The van der Waals surface area contributed by atoms with E-state index in [4.69, 9.17) is 14.2 Å². The lowest BCUT2D eigenvalue weighted by Gasteiger charge is -2.21. The normalized spacial score (nSPS) is 14.7. The number of benzene rings is 2. The van der Waals surface area contributed by atoms with Crippen molar-refractivity contribution < 1.29 is 32.2 Å². The molecule has 0 spiro atoms. The summed E-state index contributed by atoms with van der Waals surface area (Å²) in [4.78, 5) is 25.6. The molecule has 0 aliphatic carbocycles. The Labute approximate surface area is 200 Å². The fourth-order valence-electron chi connectivity index (χ4n) is 3.89. The number of anilines is 1. The van der Waals surface area contributed by atoms with E-state index in [1.54, 1.807) is 13.0 Å². The highest BCUT2D eigenvalue weighted by Gasteiger charge is 2.27. The molecule has 1 heterocycles. The molecule has 1 N–H and O–H groups in total. The number of hydrogen-bond acceptors (Lipinski definition) is 7. The fraction of sp³-hybridized carbons (Fsp3) is 0.417. The van der Waals surface area contributed by atoms with E-state index in [0.29, 0.717) is 30.2 Å². The predicted octanol–water partition coefficient (Wildman–Crippen LogP) is 3.62. The molecule has 1 aliphatic heterocycles. The molecule has 9 nitrogen and oxygen atoms in total. The van der Waals surface area contributed by atoms with Gasteiger partial charge in [0.05, 0.1) is 37.5 Å². The number of carbonyl (C=O) groups is 2. The molecule has 2 aromatic rings. The number of methoxy groups -OCH3 is 3. The van der Waals surface area contributed by atoms with E-state index in [1.165, 1.54) is 49.9 Å². The van der Waals surface area contributed by atoms with E-state index in [1.807, 2.05) is 0 Å². The van der Waals surface area contributed by atoms with Crippen LogP contribution in [0.25, 0.3) is 0 Å². The average molecular weight is 491 g/mol. The van der Waals surface area contributed by atoms with Crippen molar-refractivity contribution in [3.05, 3.63) is 47.0 Å². The lowest BCUT2D eigenvalue weighted by atomic mass is 10.1. The Hall–Kier alpha value is -3.11. The minimum Gasteiger partial charge on any atom is -0.493 e. The summed E-state index contributed by atoms with van der Waals surface area (Å²) < 4.78 is 43.3. The molecular weight excluding hydrogens is 460 g/mol. The van der Waals surface area contributed by atoms with E-state index in [-0.39, 0.29) is 21.7 Å². The molecule has 0 unspecified atom stereocenters. The van der Waals surface area contributed by atoms with Gasteiger partial charge in [-0.15, -0.1) is 0 Å². The van der Waals surface area contributed by atoms with Crippen molar-refractivity contribution in [2.75, 3.05) is 39.7 Å². The zero-order chi connectivity index (χ0) is 24.9. The second-order valence-corrected chi connectivity index (χ2v) is 9.93. The van der Waals surface area contributed by atoms with E-state index < -0.39 is 21.9 Å². The van der Waals surface area contributed by atoms with E-state index in [9.17, 15) is 18.0 Å². The maximum atomic E-state index is 13.2. The minimum absolute atomic E-state index is 0.0608. The Morgan fingerprint density at radius 2 is 1.50 bits per heavy atom. The maximum Gasteiger partial charge on any atom is 0.340 e. The average Bonchev–Trinajstić information content (AvgIpc) is 3.13. The Balaban J connectivity index is 1.97. The van der Waals surface area contributed by atoms with Crippen LogP contribution in [0.5, 0.6) is 11.5 Å². The van der Waals surface area contributed by atoms with Crippen LogP contribution >= 0.6 is 0 Å². The monoisotopic (exact) mass is 490 g/mol. The number of nitrogens with one attached hydrogen (secondary N) is 1. The van der Waals surface area contributed by atoms with Crippen LogP contribution in [0, 0.1) is 6.92 Å². The summed E-state index contributed by atoms with van der Waals surface area (Å²) in [7, 11) is 0.355. The summed E-state index contributed by atoms with van der Waals surface area (Å²) in [6.07, 6.45) is 3.63. The first-order valence-electron chi connectivity index (χ1n) is 11.0. The van der Waals surface area contributed by atoms with Gasteiger partial charge in [-0.25, -0.2) is 13.2 Å². The fourth-order valence-corrected chi connectivity index (χ4v) is 5.43. The van der Waals surface area contributed by atoms with Crippen molar-refractivity contribution in [2.24, 2.45) is 0 Å². The zero-order valence-corrected chi connectivity index (χ0v) is 20.7. The SMILES string of the molecule is COC(=O)c1cc(OC)c(OC)cc1NC(=O)c1cc(S(=O)(=O)N2CCCCCC2)ccc1C. The Bertz CT molecular complexity index is 1170. The number of amides is 1. The third-order valence-corrected chi connectivity index (χ3v) is 7.73. The van der Waals surface area contributed by atoms with Gasteiger partial charge in [0.1, 0.15) is 0 Å². The molecule has 184 valence electrons. The molecule has 0 bridgehead atoms. The van der Waals surface area contributed by atoms with Crippen LogP contribution in [-0.2, 0) is 14.8 Å². The van der Waals surface area contributed by atoms with Crippen molar-refractivity contribution >= 4 is 27.6 Å². The van der Waals surface area contributed by atoms with Gasteiger partial charge < -0.3 is 19.5 Å². The maximum absolute atomic E-state index is 13.2. The molecule has 10 heteroatoms. The first kappa shape index (κ1) is 25.5. The molecule has 1 fully saturated rings. The lowest BCUT2D eigenvalue weighted by Crippen LogP contribution is -2.32. The van der Waals surface area contributed by atoms with Crippen LogP contribution in [0.3, 0.4) is 0 Å². The highest BCUT2D eigenvalue weighted by molar-refractivity contribution is 7.89. The molecule has 0 aromatic heterocycles. The van der Waals surface area contributed by atoms with Gasteiger partial charge in [-0.3, -0.25) is 4.79 Å². The molecular formula is C24H30N2O7S. The van der Waals surface area contributed by atoms with Gasteiger partial charge in [0.15, 0.2) is 11.5 Å². The number of hydrogen-bond donors (Lipinski definition) is 1. The van der Waals surface area contributed by atoms with Crippen LogP contribution < -0.4 is 14.8 Å². The molecule has 2 aromatic carbocycles. The molecule has 0 radical (unpaired) electrons. The number of rotatable bonds is 7. The molecule has 1 aliphatic rings. The van der Waals surface area contributed by atoms with Crippen molar-refractivity contribution in [3.8, 4) is 11.5 Å². The van der Waals surface area contributed by atoms with Crippen molar-refractivity contribution in [1.29, 1.82) is 0 Å². The summed E-state index contributed by atoms with van der Waals surface area (Å²) >= 11 is 0. The summed E-state index contributed by atoms with van der Waals surface area (Å²) in [5.41, 5.74) is 0.989. The molecule has 3 rings (SSSR count). The molecule has 1 amide bonds. The van der Waals surface area contributed by atoms with Crippen LogP contribution in [0.1, 0.15) is 52.0 Å². The van der Waals surface area contributed by atoms with Gasteiger partial charge in [0, 0.05) is 30.8 Å². The van der Waals surface area contributed by atoms with Crippen LogP contribution in [0.4, 0.5) is 5.69 Å². The van der Waals surface area contributed by atoms with Crippen LogP contribution in [0.2, 0.25) is 0 Å². The Kier molecular flexibility index (Phi) is 8.16. The van der Waals surface area contributed by atoms with E-state index in [2.05, 4.69) is 5.32 Å². The number of ether oxygens (including phenoxy) is 3. The first-order valence-corrected chi connectivity index (χ1v) is 12.4. The summed E-state index contributed by atoms with van der Waals surface area (Å²) in [5, 5.41) is 2.69. The Morgan fingerprint density at radius 1 is 0.882 bits per heavy atom. The third kappa shape index (κ3) is 5.34. The first-order chi connectivity index (χ1) is 16.2. The second kappa shape index (κ2) is 10.9. The van der Waals surface area contributed by atoms with Gasteiger partial charge in [0.2, 0.25) is 10.0 Å². The van der Waals surface area contributed by atoms with Crippen molar-refractivity contribution in [1.82, 2.24) is 4.31 Å². The predicted molar refractivity (Wildman–Crippen MR) is 127 cm³/mol. The van der Waals surface area contributed by atoms with Gasteiger partial charge in [0.25, 0.3) is 5.91 Å². The topological polar surface area (TPSA) is 111 Å². The van der Waals surface area contributed by atoms with Crippen molar-refractivity contribution in [2.45, 2.75) is 37.5 Å². The Morgan fingerprint density at radius 3 is 2.09 bits per heavy atom. The van der Waals surface area contributed by atoms with Gasteiger partial charge in [-0.05, 0) is 37.5 Å². The zero-order valence-electron chi connectivity index (χ0n) is 19.8. The highest BCUT2D eigenvalue weighted by Crippen LogP contribution is 2.34. The number of aryl methyl sites for hydroxylation is 1. The van der Waals surface area contributed by atoms with Crippen molar-refractivity contribution in [3.63, 3.8) is 0 Å². The second-order valence-electron chi connectivity index (χ2n) is 7.99. The van der Waals surface area contributed by atoms with Crippen LogP contribution in [0.15, 0.2) is 35.2 Å². The van der Waals surface area contributed by atoms with Gasteiger partial charge in [-0.1, -0.05) is 18.9 Å². The summed E-state index contributed by atoms with van der Waals surface area (Å²) in [5.74, 6) is -0.643. The highest BCUT2D eigenvalue weighted by atomic mass is 32.2. The molecule has 0 atom stereocenters. The lowest BCUT2D eigenvalue weighted by molar-refractivity contribution is 0.0601. The number of sulfonamides is 1. The molecule has 0 saturated carbocycles. The third-order valence-electron chi connectivity index (χ3n) is 5.83. The quantitative estimate of drug-likeness (QED) is 0.590. The van der Waals surface area contributed by atoms with Gasteiger partial charge in [-0.2, -0.15) is 4.31 Å². The standard InChI is InChI=1S/C24H30N2O7S/c1-16-9-10-17(34(29,30)26-11-7-5-6-8-12-26)13-18(16)23(27)25-20-15-22(32-3)21(31-2)14-19(20)24(28)33-4/h9-10,13-15H,5-8,11-12H2,1-4H3,(H,25,27). The van der Waals surface area contributed by atoms with E-state index in [0.717, 1.165) is 25.7 Å². The van der Waals surface area contributed by atoms with Crippen LogP contribution in [-0.4, -0.2) is 59.0 Å². The summed E-state index contributed by atoms with van der Waals surface area (Å²) in [6.45, 7) is 2.64. The largest absolute Gasteiger partial charge is 0.493 e. The summed E-state index contributed by atoms with van der Waals surface area (Å²) in [6, 6.07) is 7.37. The minimum atomic E-state index is -3.73. The molecule has 1 saturated heterocycles.